The zero-order chi connectivity index (χ0) is 11.7. The number of rotatable bonds is 2. The molecule has 0 spiro atoms. The summed E-state index contributed by atoms with van der Waals surface area (Å²) in [6.07, 6.45) is 0. The first-order valence-electron chi connectivity index (χ1n) is 6.03. The van der Waals surface area contributed by atoms with Crippen LogP contribution in [0.3, 0.4) is 0 Å². The van der Waals surface area contributed by atoms with Crippen molar-refractivity contribution in [2.24, 2.45) is 0 Å². The van der Waals surface area contributed by atoms with Gasteiger partial charge in [-0.15, -0.1) is 0 Å². The Hall–Kier alpha value is -1.18. The number of hydrogen-bond acceptors (Lipinski definition) is 2. The molecule has 2 heteroatoms. The van der Waals surface area contributed by atoms with Crippen LogP contribution in [-0.2, 0) is 0 Å². The molecule has 0 N–H and O–H groups in total. The monoisotopic (exact) mass is 220 g/mol. The van der Waals surface area contributed by atoms with Gasteiger partial charge in [0.2, 0.25) is 0 Å². The van der Waals surface area contributed by atoms with Gasteiger partial charge in [0.25, 0.3) is 0 Å². The molecule has 0 bridgehead atoms. The Morgan fingerprint density at radius 1 is 0.938 bits per heavy atom. The van der Waals surface area contributed by atoms with Gasteiger partial charge in [-0.25, -0.2) is 0 Å². The van der Waals surface area contributed by atoms with Crippen molar-refractivity contribution in [2.75, 3.05) is 13.2 Å². The maximum atomic E-state index is 5.73. The Kier molecular flexibility index (Phi) is 3.08. The summed E-state index contributed by atoms with van der Waals surface area (Å²) in [6, 6.07) is 4.37. The maximum absolute atomic E-state index is 5.73. The van der Waals surface area contributed by atoms with Gasteiger partial charge in [-0.1, -0.05) is 33.8 Å². The van der Waals surface area contributed by atoms with Crippen molar-refractivity contribution in [3.63, 3.8) is 0 Å². The molecule has 16 heavy (non-hydrogen) atoms. The molecule has 0 radical (unpaired) electrons. The summed E-state index contributed by atoms with van der Waals surface area (Å²) in [5, 5.41) is 0. The fourth-order valence-electron chi connectivity index (χ4n) is 1.97. The van der Waals surface area contributed by atoms with E-state index in [1.807, 2.05) is 0 Å². The van der Waals surface area contributed by atoms with Crippen molar-refractivity contribution < 1.29 is 9.47 Å². The van der Waals surface area contributed by atoms with Gasteiger partial charge in [-0.3, -0.25) is 0 Å². The normalized spacial score (nSPS) is 14.6. The van der Waals surface area contributed by atoms with E-state index in [2.05, 4.69) is 39.8 Å². The molecule has 1 aliphatic heterocycles. The maximum Gasteiger partial charge on any atom is 0.164 e. The molecule has 1 heterocycles. The predicted octanol–water partition coefficient (Wildman–Crippen LogP) is 3.70. The predicted molar refractivity (Wildman–Crippen MR) is 65.6 cm³/mol. The molecule has 2 nitrogen and oxygen atoms in total. The number of benzene rings is 1. The number of ether oxygens (including phenoxy) is 2. The highest BCUT2D eigenvalue weighted by molar-refractivity contribution is 5.52. The summed E-state index contributed by atoms with van der Waals surface area (Å²) < 4.78 is 11.4. The van der Waals surface area contributed by atoms with Crippen molar-refractivity contribution in [3.05, 3.63) is 23.3 Å². The molecule has 1 aromatic carbocycles. The van der Waals surface area contributed by atoms with Crippen LogP contribution in [0.25, 0.3) is 0 Å². The summed E-state index contributed by atoms with van der Waals surface area (Å²) in [5.41, 5.74) is 2.59. The lowest BCUT2D eigenvalue weighted by Crippen LogP contribution is -2.17. The van der Waals surface area contributed by atoms with Gasteiger partial charge in [0, 0.05) is 5.56 Å². The van der Waals surface area contributed by atoms with Crippen molar-refractivity contribution in [1.82, 2.24) is 0 Å². The standard InChI is InChI=1S/C14H20O2/c1-9(2)11-7-12(10(3)4)14-13(8-11)15-5-6-16-14/h7-10H,5-6H2,1-4H3. The van der Waals surface area contributed by atoms with E-state index in [-0.39, 0.29) is 0 Å². The van der Waals surface area contributed by atoms with Crippen molar-refractivity contribution in [2.45, 2.75) is 39.5 Å². The van der Waals surface area contributed by atoms with E-state index in [0.717, 1.165) is 11.5 Å². The summed E-state index contributed by atoms with van der Waals surface area (Å²) in [5.74, 6) is 2.86. The summed E-state index contributed by atoms with van der Waals surface area (Å²) in [6.45, 7) is 10.1. The van der Waals surface area contributed by atoms with E-state index < -0.39 is 0 Å². The van der Waals surface area contributed by atoms with Crippen LogP contribution in [0.2, 0.25) is 0 Å². The van der Waals surface area contributed by atoms with Crippen molar-refractivity contribution in [1.29, 1.82) is 0 Å². The highest BCUT2D eigenvalue weighted by atomic mass is 16.6. The van der Waals surface area contributed by atoms with Crippen LogP contribution in [-0.4, -0.2) is 13.2 Å². The molecular formula is C14H20O2. The minimum Gasteiger partial charge on any atom is -0.486 e. The van der Waals surface area contributed by atoms with Crippen LogP contribution in [0.1, 0.15) is 50.7 Å². The average Bonchev–Trinajstić information content (AvgIpc) is 2.27. The Balaban J connectivity index is 2.52. The SMILES string of the molecule is CC(C)c1cc2c(c(C(C)C)c1)OCCO2. The van der Waals surface area contributed by atoms with Gasteiger partial charge in [0.1, 0.15) is 13.2 Å². The lowest BCUT2D eigenvalue weighted by atomic mass is 9.94. The molecule has 0 saturated heterocycles. The minimum atomic E-state index is 0.467. The van der Waals surface area contributed by atoms with E-state index in [4.69, 9.17) is 9.47 Å². The van der Waals surface area contributed by atoms with Crippen molar-refractivity contribution >= 4 is 0 Å². The molecule has 0 fully saturated rings. The Labute approximate surface area is 97.6 Å². The van der Waals surface area contributed by atoms with Gasteiger partial charge in [-0.2, -0.15) is 0 Å². The van der Waals surface area contributed by atoms with Crippen LogP contribution in [0.4, 0.5) is 0 Å². The van der Waals surface area contributed by atoms with E-state index >= 15 is 0 Å². The highest BCUT2D eigenvalue weighted by Crippen LogP contribution is 2.40. The zero-order valence-corrected chi connectivity index (χ0v) is 10.5. The third-order valence-electron chi connectivity index (χ3n) is 2.98. The van der Waals surface area contributed by atoms with Crippen LogP contribution in [0.5, 0.6) is 11.5 Å². The minimum absolute atomic E-state index is 0.467. The topological polar surface area (TPSA) is 18.5 Å². The first kappa shape index (κ1) is 11.3. The summed E-state index contributed by atoms with van der Waals surface area (Å²) in [4.78, 5) is 0. The smallest absolute Gasteiger partial charge is 0.164 e. The fraction of sp³-hybridized carbons (Fsp3) is 0.571. The molecule has 2 rings (SSSR count). The quantitative estimate of drug-likeness (QED) is 0.756. The molecule has 0 unspecified atom stereocenters. The van der Waals surface area contributed by atoms with E-state index in [1.54, 1.807) is 0 Å². The molecule has 88 valence electrons. The van der Waals surface area contributed by atoms with Crippen LogP contribution in [0, 0.1) is 0 Å². The molecule has 1 aliphatic rings. The van der Waals surface area contributed by atoms with Gasteiger partial charge < -0.3 is 9.47 Å². The van der Waals surface area contributed by atoms with E-state index in [1.165, 1.54) is 11.1 Å². The highest BCUT2D eigenvalue weighted by Gasteiger charge is 2.20. The van der Waals surface area contributed by atoms with E-state index in [0.29, 0.717) is 25.0 Å². The van der Waals surface area contributed by atoms with Crippen molar-refractivity contribution in [3.8, 4) is 11.5 Å². The number of fused-ring (bicyclic) bond motifs is 1. The van der Waals surface area contributed by atoms with Crippen LogP contribution >= 0.6 is 0 Å². The fourth-order valence-corrected chi connectivity index (χ4v) is 1.97. The molecule has 0 amide bonds. The second-order valence-electron chi connectivity index (χ2n) is 4.94. The molecule has 1 aromatic rings. The first-order valence-corrected chi connectivity index (χ1v) is 6.03. The van der Waals surface area contributed by atoms with Gasteiger partial charge in [0.15, 0.2) is 11.5 Å². The van der Waals surface area contributed by atoms with Gasteiger partial charge in [-0.05, 0) is 23.5 Å². The lowest BCUT2D eigenvalue weighted by Gasteiger charge is -2.24. The van der Waals surface area contributed by atoms with Gasteiger partial charge >= 0.3 is 0 Å². The molecule has 0 aliphatic carbocycles. The van der Waals surface area contributed by atoms with Crippen LogP contribution in [0.15, 0.2) is 12.1 Å². The molecule has 0 atom stereocenters. The molecule has 0 saturated carbocycles. The molecular weight excluding hydrogens is 200 g/mol. The summed E-state index contributed by atoms with van der Waals surface area (Å²) >= 11 is 0. The lowest BCUT2D eigenvalue weighted by molar-refractivity contribution is 0.169. The summed E-state index contributed by atoms with van der Waals surface area (Å²) in [7, 11) is 0. The van der Waals surface area contributed by atoms with E-state index in [9.17, 15) is 0 Å². The Bertz CT molecular complexity index is 381. The average molecular weight is 220 g/mol. The van der Waals surface area contributed by atoms with Gasteiger partial charge in [0.05, 0.1) is 0 Å². The Morgan fingerprint density at radius 2 is 1.62 bits per heavy atom. The second kappa shape index (κ2) is 4.36. The zero-order valence-electron chi connectivity index (χ0n) is 10.5. The molecule has 0 aromatic heterocycles. The largest absolute Gasteiger partial charge is 0.486 e. The third-order valence-corrected chi connectivity index (χ3v) is 2.98. The van der Waals surface area contributed by atoms with Crippen LogP contribution < -0.4 is 9.47 Å². The Morgan fingerprint density at radius 3 is 2.25 bits per heavy atom. The third kappa shape index (κ3) is 2.01. The first-order chi connectivity index (χ1) is 7.59. The number of hydrogen-bond donors (Lipinski definition) is 0. The second-order valence-corrected chi connectivity index (χ2v) is 4.94.